The van der Waals surface area contributed by atoms with E-state index in [0.29, 0.717) is 0 Å². The third kappa shape index (κ3) is 3.91. The van der Waals surface area contributed by atoms with Crippen molar-refractivity contribution in [3.63, 3.8) is 0 Å². The quantitative estimate of drug-likeness (QED) is 0.265. The molecule has 0 spiro atoms. The minimum absolute atomic E-state index is 0.0629. The highest BCUT2D eigenvalue weighted by molar-refractivity contribution is 5.56. The van der Waals surface area contributed by atoms with E-state index in [0.717, 1.165) is 0 Å². The maximum absolute atomic E-state index is 10.3. The Bertz CT molecular complexity index is 286. The largest absolute Gasteiger partial charge is 0.394 e. The zero-order chi connectivity index (χ0) is 14.6. The molecule has 0 saturated carbocycles. The van der Waals surface area contributed by atoms with Gasteiger partial charge in [-0.25, -0.2) is 0 Å². The van der Waals surface area contributed by atoms with Gasteiger partial charge >= 0.3 is 0 Å². The number of hydrogen-bond donors (Lipinski definition) is 6. The monoisotopic (exact) mass is 282 g/mol. The van der Waals surface area contributed by atoms with E-state index in [2.05, 4.69) is 0 Å². The number of aliphatic hydroxyl groups is 6. The molecule has 9 nitrogen and oxygen atoms in total. The van der Waals surface area contributed by atoms with Crippen molar-refractivity contribution in [2.24, 2.45) is 0 Å². The molecule has 9 heteroatoms. The molecule has 0 radical (unpaired) electrons. The van der Waals surface area contributed by atoms with Crippen LogP contribution < -0.4 is 0 Å². The summed E-state index contributed by atoms with van der Waals surface area (Å²) in [5.41, 5.74) is 0. The number of carbonyl (C=O) groups is 1. The summed E-state index contributed by atoms with van der Waals surface area (Å²) in [4.78, 5) is 10.3. The average molecular weight is 282 g/mol. The lowest BCUT2D eigenvalue weighted by atomic mass is 10.0. The van der Waals surface area contributed by atoms with Crippen LogP contribution in [0.1, 0.15) is 0 Å². The molecule has 1 aliphatic rings. The Hall–Kier alpha value is -0.650. The van der Waals surface area contributed by atoms with E-state index in [1.54, 1.807) is 0 Å². The summed E-state index contributed by atoms with van der Waals surface area (Å²) < 4.78 is 9.89. The van der Waals surface area contributed by atoms with Crippen LogP contribution in [0, 0.1) is 0 Å². The van der Waals surface area contributed by atoms with Crippen molar-refractivity contribution in [3.8, 4) is 0 Å². The van der Waals surface area contributed by atoms with Crippen LogP contribution in [0.5, 0.6) is 0 Å². The fraction of sp³-hybridized carbons (Fsp3) is 0.900. The van der Waals surface area contributed by atoms with Crippen LogP contribution >= 0.6 is 0 Å². The number of aliphatic hydroxyl groups excluding tert-OH is 6. The summed E-state index contributed by atoms with van der Waals surface area (Å²) in [6.07, 6.45) is -10.6. The average Bonchev–Trinajstić information content (AvgIpc) is 2.42. The molecule has 0 unspecified atom stereocenters. The smallest absolute Gasteiger partial charge is 0.186 e. The number of carbonyl (C=O) groups excluding carboxylic acids is 1. The van der Waals surface area contributed by atoms with Gasteiger partial charge in [0.2, 0.25) is 0 Å². The Morgan fingerprint density at radius 2 is 1.89 bits per heavy atom. The van der Waals surface area contributed by atoms with Crippen LogP contribution in [0.15, 0.2) is 0 Å². The van der Waals surface area contributed by atoms with E-state index in [1.807, 2.05) is 0 Å². The molecule has 1 fully saturated rings. The summed E-state index contributed by atoms with van der Waals surface area (Å²) in [6.45, 7) is -1.06. The number of hydrogen-bond acceptors (Lipinski definition) is 9. The second-order valence-electron chi connectivity index (χ2n) is 4.22. The Balaban J connectivity index is 2.63. The lowest BCUT2D eigenvalue weighted by Crippen LogP contribution is -2.56. The SMILES string of the molecule is O=C[C@H](O)[C@H](O)[C@H](CO)O[C@@H]1OC[C@H](O)[C@@H](O)[C@@H]1O. The van der Waals surface area contributed by atoms with Crippen molar-refractivity contribution < 1.29 is 44.9 Å². The molecular formula is C10H18O9. The van der Waals surface area contributed by atoms with Gasteiger partial charge in [0.25, 0.3) is 0 Å². The molecule has 0 amide bonds. The summed E-state index contributed by atoms with van der Waals surface area (Å²) in [6, 6.07) is 0. The molecule has 112 valence electrons. The molecule has 1 rings (SSSR count). The minimum atomic E-state index is -1.77. The first-order valence-electron chi connectivity index (χ1n) is 5.66. The highest BCUT2D eigenvalue weighted by atomic mass is 16.7. The number of ether oxygens (including phenoxy) is 2. The van der Waals surface area contributed by atoms with E-state index in [1.165, 1.54) is 0 Å². The van der Waals surface area contributed by atoms with Crippen LogP contribution in [-0.2, 0) is 14.3 Å². The van der Waals surface area contributed by atoms with Gasteiger partial charge in [0.05, 0.1) is 13.2 Å². The highest BCUT2D eigenvalue weighted by Gasteiger charge is 2.40. The van der Waals surface area contributed by atoms with Crippen molar-refractivity contribution in [1.82, 2.24) is 0 Å². The van der Waals surface area contributed by atoms with Gasteiger partial charge in [-0.1, -0.05) is 0 Å². The first kappa shape index (κ1) is 16.4. The Kier molecular flexibility index (Phi) is 6.23. The molecule has 1 aliphatic heterocycles. The summed E-state index contributed by atoms with van der Waals surface area (Å²) in [5.74, 6) is 0. The van der Waals surface area contributed by atoms with Gasteiger partial charge in [-0.15, -0.1) is 0 Å². The summed E-state index contributed by atoms with van der Waals surface area (Å²) in [5, 5.41) is 55.8. The molecule has 0 aromatic carbocycles. The first-order valence-corrected chi connectivity index (χ1v) is 5.66. The Morgan fingerprint density at radius 3 is 2.42 bits per heavy atom. The predicted octanol–water partition coefficient (Wildman–Crippen LogP) is -4.28. The van der Waals surface area contributed by atoms with E-state index in [4.69, 9.17) is 19.7 Å². The topological polar surface area (TPSA) is 157 Å². The minimum Gasteiger partial charge on any atom is -0.394 e. The fourth-order valence-electron chi connectivity index (χ4n) is 1.60. The van der Waals surface area contributed by atoms with Crippen LogP contribution in [0.3, 0.4) is 0 Å². The first-order chi connectivity index (χ1) is 8.92. The Labute approximate surface area is 108 Å². The molecule has 0 aromatic heterocycles. The van der Waals surface area contributed by atoms with E-state index < -0.39 is 49.5 Å². The maximum atomic E-state index is 10.3. The summed E-state index contributed by atoms with van der Waals surface area (Å²) in [7, 11) is 0. The predicted molar refractivity (Wildman–Crippen MR) is 57.8 cm³/mol. The van der Waals surface area contributed by atoms with Crippen LogP contribution in [0.4, 0.5) is 0 Å². The molecule has 19 heavy (non-hydrogen) atoms. The standard InChI is InChI=1S/C10H18O9/c11-1-4(13)7(15)6(2-12)19-10-9(17)8(16)5(14)3-18-10/h1,4-10,12-17H,2-3H2/t4-,5-,6-,7-,8+,9-,10-/m0/s1. The van der Waals surface area contributed by atoms with Gasteiger partial charge in [0.15, 0.2) is 12.6 Å². The Morgan fingerprint density at radius 1 is 1.26 bits per heavy atom. The maximum Gasteiger partial charge on any atom is 0.186 e. The zero-order valence-electron chi connectivity index (χ0n) is 9.94. The van der Waals surface area contributed by atoms with Gasteiger partial charge in [-0.3, -0.25) is 0 Å². The van der Waals surface area contributed by atoms with Crippen molar-refractivity contribution in [1.29, 1.82) is 0 Å². The molecule has 0 aliphatic carbocycles. The van der Waals surface area contributed by atoms with E-state index in [-0.39, 0.29) is 12.9 Å². The zero-order valence-corrected chi connectivity index (χ0v) is 9.94. The molecule has 1 saturated heterocycles. The van der Waals surface area contributed by atoms with Gasteiger partial charge in [-0.05, 0) is 0 Å². The molecule has 6 N–H and O–H groups in total. The van der Waals surface area contributed by atoms with Gasteiger partial charge < -0.3 is 44.9 Å². The van der Waals surface area contributed by atoms with Crippen LogP contribution in [0.2, 0.25) is 0 Å². The lowest BCUT2D eigenvalue weighted by Gasteiger charge is -2.37. The van der Waals surface area contributed by atoms with Gasteiger partial charge in [-0.2, -0.15) is 0 Å². The molecule has 0 aromatic rings. The van der Waals surface area contributed by atoms with E-state index in [9.17, 15) is 25.2 Å². The summed E-state index contributed by atoms with van der Waals surface area (Å²) >= 11 is 0. The number of aldehydes is 1. The van der Waals surface area contributed by atoms with Crippen LogP contribution in [-0.4, -0.2) is 93.1 Å². The molecular weight excluding hydrogens is 264 g/mol. The van der Waals surface area contributed by atoms with Crippen molar-refractivity contribution in [2.45, 2.75) is 42.9 Å². The van der Waals surface area contributed by atoms with Crippen molar-refractivity contribution in [2.75, 3.05) is 13.2 Å². The van der Waals surface area contributed by atoms with Crippen molar-refractivity contribution in [3.05, 3.63) is 0 Å². The van der Waals surface area contributed by atoms with Gasteiger partial charge in [0.1, 0.15) is 36.6 Å². The molecule has 1 heterocycles. The normalized spacial score (nSPS) is 36.5. The highest BCUT2D eigenvalue weighted by Crippen LogP contribution is 2.19. The van der Waals surface area contributed by atoms with Gasteiger partial charge in [0, 0.05) is 0 Å². The third-order valence-electron chi connectivity index (χ3n) is 2.81. The molecule has 7 atom stereocenters. The second kappa shape index (κ2) is 7.22. The number of rotatable bonds is 6. The second-order valence-corrected chi connectivity index (χ2v) is 4.22. The van der Waals surface area contributed by atoms with Crippen LogP contribution in [0.25, 0.3) is 0 Å². The fourth-order valence-corrected chi connectivity index (χ4v) is 1.60. The third-order valence-corrected chi connectivity index (χ3v) is 2.81. The van der Waals surface area contributed by atoms with Crippen molar-refractivity contribution >= 4 is 6.29 Å². The van der Waals surface area contributed by atoms with E-state index >= 15 is 0 Å². The molecule has 0 bridgehead atoms. The lowest BCUT2D eigenvalue weighted by molar-refractivity contribution is -0.295.